The highest BCUT2D eigenvalue weighted by atomic mass is 79.9. The van der Waals surface area contributed by atoms with Crippen LogP contribution in [0.2, 0.25) is 0 Å². The molecule has 2 rings (SSSR count). The van der Waals surface area contributed by atoms with Gasteiger partial charge in [0.05, 0.1) is 3.79 Å². The zero-order valence-electron chi connectivity index (χ0n) is 11.9. The Kier molecular flexibility index (Phi) is 5.51. The molecule has 2 heterocycles. The fourth-order valence-electron chi connectivity index (χ4n) is 1.73. The fourth-order valence-corrected chi connectivity index (χ4v) is 2.93. The largest absolute Gasteiger partial charge is 0.340 e. The Balaban J connectivity index is 1.94. The Labute approximate surface area is 132 Å². The lowest BCUT2D eigenvalue weighted by molar-refractivity contribution is 0.586. The average Bonchev–Trinajstić information content (AvgIpc) is 2.82. The second-order valence-electron chi connectivity index (χ2n) is 5.04. The number of rotatable bonds is 6. The van der Waals surface area contributed by atoms with E-state index >= 15 is 0 Å². The van der Waals surface area contributed by atoms with Crippen molar-refractivity contribution >= 4 is 33.2 Å². The molecule has 0 aliphatic rings. The Morgan fingerprint density at radius 3 is 2.55 bits per heavy atom. The summed E-state index contributed by atoms with van der Waals surface area (Å²) in [5.74, 6) is 0.751. The first kappa shape index (κ1) is 15.4. The fraction of sp³-hybridized carbons (Fsp3) is 0.429. The van der Waals surface area contributed by atoms with Gasteiger partial charge in [-0.05, 0) is 32.9 Å². The number of anilines is 1. The quantitative estimate of drug-likeness (QED) is 0.862. The molecule has 2 aromatic rings. The summed E-state index contributed by atoms with van der Waals surface area (Å²) < 4.78 is 1.15. The van der Waals surface area contributed by atoms with Crippen molar-refractivity contribution in [3.05, 3.63) is 38.8 Å². The van der Waals surface area contributed by atoms with E-state index in [2.05, 4.69) is 56.5 Å². The maximum absolute atomic E-state index is 4.43. The average molecular weight is 355 g/mol. The van der Waals surface area contributed by atoms with Crippen molar-refractivity contribution in [2.45, 2.75) is 33.0 Å². The number of nitrogens with one attached hydrogen (secondary N) is 1. The van der Waals surface area contributed by atoms with Gasteiger partial charge < -0.3 is 10.2 Å². The Bertz CT molecular complexity index is 538. The summed E-state index contributed by atoms with van der Waals surface area (Å²) in [5.41, 5.74) is 2.37. The lowest BCUT2D eigenvalue weighted by Crippen LogP contribution is -2.22. The topological polar surface area (TPSA) is 41.1 Å². The van der Waals surface area contributed by atoms with Crippen molar-refractivity contribution in [1.82, 2.24) is 15.3 Å². The molecule has 0 unspecified atom stereocenters. The highest BCUT2D eigenvalue weighted by molar-refractivity contribution is 9.11. The molecular formula is C14H19BrN4S. The van der Waals surface area contributed by atoms with Gasteiger partial charge in [-0.15, -0.1) is 11.3 Å². The van der Waals surface area contributed by atoms with Gasteiger partial charge in [-0.2, -0.15) is 0 Å². The van der Waals surface area contributed by atoms with E-state index in [9.17, 15) is 0 Å². The summed E-state index contributed by atoms with van der Waals surface area (Å²) in [6.07, 6.45) is 3.77. The summed E-state index contributed by atoms with van der Waals surface area (Å²) in [5, 5.41) is 5.50. The first-order valence-electron chi connectivity index (χ1n) is 6.53. The van der Waals surface area contributed by atoms with Crippen molar-refractivity contribution in [1.29, 1.82) is 0 Å². The molecule has 0 aliphatic heterocycles. The maximum atomic E-state index is 4.43. The van der Waals surface area contributed by atoms with Gasteiger partial charge in [0.25, 0.3) is 0 Å². The van der Waals surface area contributed by atoms with E-state index in [0.29, 0.717) is 6.04 Å². The van der Waals surface area contributed by atoms with Crippen LogP contribution in [0.4, 0.5) is 5.95 Å². The zero-order chi connectivity index (χ0) is 14.5. The van der Waals surface area contributed by atoms with Crippen LogP contribution in [0, 0.1) is 0 Å². The van der Waals surface area contributed by atoms with E-state index < -0.39 is 0 Å². The van der Waals surface area contributed by atoms with Crippen LogP contribution < -0.4 is 10.2 Å². The molecule has 0 saturated carbocycles. The number of hydrogen-bond donors (Lipinski definition) is 1. The predicted molar refractivity (Wildman–Crippen MR) is 88.1 cm³/mol. The molecule has 0 aliphatic carbocycles. The van der Waals surface area contributed by atoms with E-state index in [1.165, 1.54) is 5.56 Å². The van der Waals surface area contributed by atoms with Gasteiger partial charge in [0.2, 0.25) is 5.95 Å². The number of halogens is 1. The van der Waals surface area contributed by atoms with Gasteiger partial charge in [0.1, 0.15) is 0 Å². The second kappa shape index (κ2) is 7.15. The number of hydrogen-bond acceptors (Lipinski definition) is 5. The van der Waals surface area contributed by atoms with Crippen LogP contribution in [0.3, 0.4) is 0 Å². The number of aromatic nitrogens is 2. The first-order valence-corrected chi connectivity index (χ1v) is 8.20. The summed E-state index contributed by atoms with van der Waals surface area (Å²) >= 11 is 5.17. The Morgan fingerprint density at radius 2 is 2.00 bits per heavy atom. The molecule has 0 bridgehead atoms. The summed E-state index contributed by atoms with van der Waals surface area (Å²) in [4.78, 5) is 10.9. The maximum Gasteiger partial charge on any atom is 0.225 e. The van der Waals surface area contributed by atoms with Gasteiger partial charge in [-0.3, -0.25) is 0 Å². The van der Waals surface area contributed by atoms with Crippen molar-refractivity contribution in [3.8, 4) is 0 Å². The van der Waals surface area contributed by atoms with Crippen LogP contribution in [0.1, 0.15) is 25.0 Å². The molecule has 1 N–H and O–H groups in total. The van der Waals surface area contributed by atoms with Gasteiger partial charge in [-0.25, -0.2) is 9.97 Å². The van der Waals surface area contributed by atoms with Crippen molar-refractivity contribution in [3.63, 3.8) is 0 Å². The van der Waals surface area contributed by atoms with Crippen LogP contribution in [0.5, 0.6) is 0 Å². The molecule has 0 atom stereocenters. The van der Waals surface area contributed by atoms with Crippen LogP contribution in [0.15, 0.2) is 27.6 Å². The molecule has 0 fully saturated rings. The van der Waals surface area contributed by atoms with Gasteiger partial charge >= 0.3 is 0 Å². The third kappa shape index (κ3) is 4.54. The molecule has 0 amide bonds. The molecule has 0 spiro atoms. The predicted octanol–water partition coefficient (Wildman–Crippen LogP) is 3.44. The SMILES string of the molecule is CC(C)NCc1cnc(N(C)Cc2csc(Br)c2)nc1. The minimum absolute atomic E-state index is 0.467. The van der Waals surface area contributed by atoms with Crippen LogP contribution in [-0.2, 0) is 13.1 Å². The van der Waals surface area contributed by atoms with Crippen LogP contribution in [-0.4, -0.2) is 23.1 Å². The summed E-state index contributed by atoms with van der Waals surface area (Å²) in [6, 6.07) is 2.59. The lowest BCUT2D eigenvalue weighted by Gasteiger charge is -2.16. The number of nitrogens with zero attached hydrogens (tertiary/aromatic N) is 3. The third-order valence-electron chi connectivity index (χ3n) is 2.79. The van der Waals surface area contributed by atoms with Gasteiger partial charge in [0, 0.05) is 44.1 Å². The first-order chi connectivity index (χ1) is 9.54. The second-order valence-corrected chi connectivity index (χ2v) is 7.33. The summed E-state index contributed by atoms with van der Waals surface area (Å²) in [7, 11) is 2.01. The molecule has 108 valence electrons. The number of thiophene rings is 1. The van der Waals surface area contributed by atoms with Crippen LogP contribution in [0.25, 0.3) is 0 Å². The minimum atomic E-state index is 0.467. The van der Waals surface area contributed by atoms with E-state index in [1.807, 2.05) is 24.3 Å². The van der Waals surface area contributed by atoms with Crippen molar-refractivity contribution in [2.24, 2.45) is 0 Å². The molecule has 0 saturated heterocycles. The zero-order valence-corrected chi connectivity index (χ0v) is 14.3. The van der Waals surface area contributed by atoms with Crippen molar-refractivity contribution in [2.75, 3.05) is 11.9 Å². The van der Waals surface area contributed by atoms with E-state index in [0.717, 1.165) is 28.4 Å². The van der Waals surface area contributed by atoms with Crippen LogP contribution >= 0.6 is 27.3 Å². The van der Waals surface area contributed by atoms with Gasteiger partial charge in [-0.1, -0.05) is 13.8 Å². The molecule has 4 nitrogen and oxygen atoms in total. The highest BCUT2D eigenvalue weighted by Crippen LogP contribution is 2.22. The smallest absolute Gasteiger partial charge is 0.225 e. The third-order valence-corrected chi connectivity index (χ3v) is 4.34. The standard InChI is InChI=1S/C14H19BrN4S/c1-10(2)16-5-12-6-17-14(18-7-12)19(3)8-11-4-13(15)20-9-11/h4,6-7,9-10,16H,5,8H2,1-3H3. The normalized spacial score (nSPS) is 11.1. The molecule has 0 radical (unpaired) electrons. The lowest BCUT2D eigenvalue weighted by atomic mass is 10.3. The van der Waals surface area contributed by atoms with E-state index in [4.69, 9.17) is 0 Å². The minimum Gasteiger partial charge on any atom is -0.340 e. The Morgan fingerprint density at radius 1 is 1.30 bits per heavy atom. The Hall–Kier alpha value is -0.980. The van der Waals surface area contributed by atoms with E-state index in [-0.39, 0.29) is 0 Å². The molecule has 0 aromatic carbocycles. The molecule has 20 heavy (non-hydrogen) atoms. The molecule has 2 aromatic heterocycles. The van der Waals surface area contributed by atoms with E-state index in [1.54, 1.807) is 11.3 Å². The van der Waals surface area contributed by atoms with Crippen molar-refractivity contribution < 1.29 is 0 Å². The monoisotopic (exact) mass is 354 g/mol. The molecule has 6 heteroatoms. The molecular weight excluding hydrogens is 336 g/mol. The highest BCUT2D eigenvalue weighted by Gasteiger charge is 2.07. The summed E-state index contributed by atoms with van der Waals surface area (Å²) in [6.45, 7) is 5.87. The van der Waals surface area contributed by atoms with Gasteiger partial charge in [0.15, 0.2) is 0 Å².